The summed E-state index contributed by atoms with van der Waals surface area (Å²) >= 11 is 0. The third-order valence-corrected chi connectivity index (χ3v) is 4.48. The molecule has 2 aromatic rings. The molecule has 0 aliphatic rings. The zero-order chi connectivity index (χ0) is 17.5. The number of rotatable bonds is 4. The summed E-state index contributed by atoms with van der Waals surface area (Å²) < 4.78 is 2.14. The number of aromatic carboxylic acids is 1. The molecule has 0 aliphatic carbocycles. The molecule has 0 saturated carbocycles. The Balaban J connectivity index is 3.00. The predicted molar refractivity (Wildman–Crippen MR) is 95.5 cm³/mol. The minimum absolute atomic E-state index is 0.105. The van der Waals surface area contributed by atoms with Crippen LogP contribution >= 0.6 is 0 Å². The van der Waals surface area contributed by atoms with Crippen molar-refractivity contribution >= 4 is 16.9 Å². The van der Waals surface area contributed by atoms with E-state index in [0.29, 0.717) is 12.1 Å². The Labute approximate surface area is 138 Å². The first-order chi connectivity index (χ1) is 10.6. The van der Waals surface area contributed by atoms with E-state index in [-0.39, 0.29) is 11.5 Å². The quantitative estimate of drug-likeness (QED) is 0.895. The Morgan fingerprint density at radius 3 is 2.35 bits per heavy atom. The summed E-state index contributed by atoms with van der Waals surface area (Å²) in [6.07, 6.45) is 0.759. The molecule has 0 unspecified atom stereocenters. The van der Waals surface area contributed by atoms with Crippen LogP contribution in [-0.2, 0) is 11.8 Å². The SMILES string of the molecule is Cc1c(CCN)c2cc(C(C)(C)C)cc(C(=O)O)c2n1C(C)C. The van der Waals surface area contributed by atoms with Gasteiger partial charge in [-0.25, -0.2) is 4.79 Å². The number of carbonyl (C=O) groups is 1. The van der Waals surface area contributed by atoms with Gasteiger partial charge in [0.15, 0.2) is 0 Å². The van der Waals surface area contributed by atoms with Crippen molar-refractivity contribution in [3.8, 4) is 0 Å². The fourth-order valence-corrected chi connectivity index (χ4v) is 3.33. The standard InChI is InChI=1S/C19H28N2O2/c1-11(2)21-12(3)14(7-8-20)15-9-13(19(4,5)6)10-16(17(15)21)18(22)23/h9-11H,7-8,20H2,1-6H3,(H,22,23). The highest BCUT2D eigenvalue weighted by Gasteiger charge is 2.25. The van der Waals surface area contributed by atoms with E-state index in [1.165, 1.54) is 5.56 Å². The Hall–Kier alpha value is -1.81. The minimum Gasteiger partial charge on any atom is -0.478 e. The molecule has 2 rings (SSSR count). The monoisotopic (exact) mass is 316 g/mol. The Morgan fingerprint density at radius 1 is 1.30 bits per heavy atom. The summed E-state index contributed by atoms with van der Waals surface area (Å²) in [5, 5.41) is 10.8. The van der Waals surface area contributed by atoms with Crippen molar-refractivity contribution in [1.82, 2.24) is 4.57 Å². The van der Waals surface area contributed by atoms with Crippen LogP contribution in [0.1, 0.15) is 67.8 Å². The molecule has 4 heteroatoms. The van der Waals surface area contributed by atoms with E-state index >= 15 is 0 Å². The van der Waals surface area contributed by atoms with Gasteiger partial charge in [-0.3, -0.25) is 0 Å². The average molecular weight is 316 g/mol. The normalized spacial score (nSPS) is 12.3. The molecule has 1 aromatic carbocycles. The van der Waals surface area contributed by atoms with Gasteiger partial charge in [0.1, 0.15) is 0 Å². The van der Waals surface area contributed by atoms with Gasteiger partial charge in [-0.2, -0.15) is 0 Å². The molecular weight excluding hydrogens is 288 g/mol. The molecule has 3 N–H and O–H groups in total. The zero-order valence-corrected chi connectivity index (χ0v) is 15.0. The summed E-state index contributed by atoms with van der Waals surface area (Å²) in [5.74, 6) is -0.875. The van der Waals surface area contributed by atoms with Crippen LogP contribution in [0.5, 0.6) is 0 Å². The van der Waals surface area contributed by atoms with E-state index in [9.17, 15) is 9.90 Å². The zero-order valence-electron chi connectivity index (χ0n) is 15.0. The maximum atomic E-state index is 11.9. The number of benzene rings is 1. The van der Waals surface area contributed by atoms with Gasteiger partial charge in [0.05, 0.1) is 11.1 Å². The van der Waals surface area contributed by atoms with Crippen molar-refractivity contribution in [3.63, 3.8) is 0 Å². The molecule has 0 saturated heterocycles. The van der Waals surface area contributed by atoms with Gasteiger partial charge < -0.3 is 15.4 Å². The smallest absolute Gasteiger partial charge is 0.337 e. The third kappa shape index (κ3) is 3.00. The second-order valence-corrected chi connectivity index (χ2v) is 7.54. The van der Waals surface area contributed by atoms with E-state index in [1.54, 1.807) is 0 Å². The van der Waals surface area contributed by atoms with Gasteiger partial charge in [0.25, 0.3) is 0 Å². The van der Waals surface area contributed by atoms with Gasteiger partial charge in [0, 0.05) is 17.1 Å². The van der Waals surface area contributed by atoms with Crippen molar-refractivity contribution in [1.29, 1.82) is 0 Å². The molecule has 0 atom stereocenters. The maximum absolute atomic E-state index is 11.9. The van der Waals surface area contributed by atoms with E-state index in [1.807, 2.05) is 6.07 Å². The molecule has 4 nitrogen and oxygen atoms in total. The largest absolute Gasteiger partial charge is 0.478 e. The molecule has 1 heterocycles. The highest BCUT2D eigenvalue weighted by atomic mass is 16.4. The number of nitrogens with two attached hydrogens (primary N) is 1. The lowest BCUT2D eigenvalue weighted by Gasteiger charge is -2.21. The number of aromatic nitrogens is 1. The summed E-state index contributed by atoms with van der Waals surface area (Å²) in [5.41, 5.74) is 10.2. The lowest BCUT2D eigenvalue weighted by molar-refractivity contribution is 0.0698. The Bertz CT molecular complexity index is 749. The summed E-state index contributed by atoms with van der Waals surface area (Å²) in [6.45, 7) is 13.1. The first kappa shape index (κ1) is 17.5. The molecule has 1 aromatic heterocycles. The van der Waals surface area contributed by atoms with Crippen LogP contribution in [-0.4, -0.2) is 22.2 Å². The topological polar surface area (TPSA) is 68.2 Å². The molecule has 0 amide bonds. The molecular formula is C19H28N2O2. The number of carboxylic acid groups (broad SMARTS) is 1. The van der Waals surface area contributed by atoms with Gasteiger partial charge in [-0.05, 0) is 62.4 Å². The highest BCUT2D eigenvalue weighted by Crippen LogP contribution is 2.36. The summed E-state index contributed by atoms with van der Waals surface area (Å²) in [7, 11) is 0. The lowest BCUT2D eigenvalue weighted by atomic mass is 9.84. The molecule has 23 heavy (non-hydrogen) atoms. The van der Waals surface area contributed by atoms with Crippen molar-refractivity contribution in [2.75, 3.05) is 6.54 Å². The van der Waals surface area contributed by atoms with Crippen LogP contribution in [0, 0.1) is 6.92 Å². The fraction of sp³-hybridized carbons (Fsp3) is 0.526. The van der Waals surface area contributed by atoms with Crippen LogP contribution in [0.15, 0.2) is 12.1 Å². The fourth-order valence-electron chi connectivity index (χ4n) is 3.33. The minimum atomic E-state index is -0.875. The average Bonchev–Trinajstić information content (AvgIpc) is 2.70. The number of nitrogens with zero attached hydrogens (tertiary/aromatic N) is 1. The molecule has 0 bridgehead atoms. The first-order valence-electron chi connectivity index (χ1n) is 8.20. The number of hydrogen-bond donors (Lipinski definition) is 2. The van der Waals surface area contributed by atoms with Crippen molar-refractivity contribution in [3.05, 3.63) is 34.5 Å². The van der Waals surface area contributed by atoms with Crippen LogP contribution in [0.25, 0.3) is 10.9 Å². The summed E-state index contributed by atoms with van der Waals surface area (Å²) in [4.78, 5) is 11.9. The highest BCUT2D eigenvalue weighted by molar-refractivity contribution is 6.04. The van der Waals surface area contributed by atoms with Gasteiger partial charge in [-0.15, -0.1) is 0 Å². The van der Waals surface area contributed by atoms with Gasteiger partial charge in [-0.1, -0.05) is 20.8 Å². The molecule has 0 fully saturated rings. The van der Waals surface area contributed by atoms with Crippen LogP contribution in [0.4, 0.5) is 0 Å². The summed E-state index contributed by atoms with van der Waals surface area (Å²) in [6, 6.07) is 4.18. The second-order valence-electron chi connectivity index (χ2n) is 7.54. The predicted octanol–water partition coefficient (Wildman–Crippen LogP) is 4.03. The third-order valence-electron chi connectivity index (χ3n) is 4.48. The molecule has 0 radical (unpaired) electrons. The lowest BCUT2D eigenvalue weighted by Crippen LogP contribution is -2.14. The van der Waals surface area contributed by atoms with E-state index < -0.39 is 5.97 Å². The van der Waals surface area contributed by atoms with Gasteiger partial charge >= 0.3 is 5.97 Å². The first-order valence-corrected chi connectivity index (χ1v) is 8.20. The van der Waals surface area contributed by atoms with E-state index in [2.05, 4.69) is 52.2 Å². The molecule has 0 aliphatic heterocycles. The maximum Gasteiger partial charge on any atom is 0.337 e. The van der Waals surface area contributed by atoms with Crippen LogP contribution in [0.3, 0.4) is 0 Å². The van der Waals surface area contributed by atoms with Crippen molar-refractivity contribution in [2.24, 2.45) is 5.73 Å². The second kappa shape index (κ2) is 6.00. The molecule has 126 valence electrons. The van der Waals surface area contributed by atoms with Crippen LogP contribution in [0.2, 0.25) is 0 Å². The van der Waals surface area contributed by atoms with Crippen molar-refractivity contribution in [2.45, 2.75) is 59.4 Å². The Kier molecular flexibility index (Phi) is 4.58. The van der Waals surface area contributed by atoms with E-state index in [0.717, 1.165) is 28.6 Å². The van der Waals surface area contributed by atoms with E-state index in [4.69, 9.17) is 5.73 Å². The van der Waals surface area contributed by atoms with Crippen molar-refractivity contribution < 1.29 is 9.90 Å². The number of hydrogen-bond acceptors (Lipinski definition) is 2. The number of carboxylic acids is 1. The van der Waals surface area contributed by atoms with Gasteiger partial charge in [0.2, 0.25) is 0 Å². The molecule has 0 spiro atoms. The Morgan fingerprint density at radius 2 is 1.91 bits per heavy atom. The number of fused-ring (bicyclic) bond motifs is 1. The van der Waals surface area contributed by atoms with Crippen LogP contribution < -0.4 is 5.73 Å².